The van der Waals surface area contributed by atoms with Crippen molar-refractivity contribution in [2.75, 3.05) is 11.4 Å². The van der Waals surface area contributed by atoms with Crippen LogP contribution in [-0.4, -0.2) is 36.3 Å². The first-order chi connectivity index (χ1) is 14.1. The molecule has 0 bridgehead atoms. The smallest absolute Gasteiger partial charge is 0.268 e. The van der Waals surface area contributed by atoms with Crippen molar-refractivity contribution in [3.63, 3.8) is 0 Å². The zero-order chi connectivity index (χ0) is 20.4. The number of anilines is 1. The van der Waals surface area contributed by atoms with E-state index in [9.17, 15) is 14.4 Å². The van der Waals surface area contributed by atoms with Crippen molar-refractivity contribution in [3.8, 4) is 5.75 Å². The number of nitrogens with one attached hydrogen (secondary N) is 1. The molecule has 2 aliphatic rings. The Bertz CT molecular complexity index is 915. The second-order valence-electron chi connectivity index (χ2n) is 7.48. The van der Waals surface area contributed by atoms with E-state index in [1.54, 1.807) is 30.3 Å². The molecule has 4 rings (SSSR count). The van der Waals surface area contributed by atoms with Crippen LogP contribution in [0.4, 0.5) is 5.69 Å². The summed E-state index contributed by atoms with van der Waals surface area (Å²) in [5.74, 6) is -0.0656. The third-order valence-corrected chi connectivity index (χ3v) is 5.46. The normalized spacial score (nSPS) is 19.0. The number of carbonyl (C=O) groups is 3. The number of fused-ring (bicyclic) bond motifs is 1. The SMILES string of the molecule is CC[C@@H]1Oc2ccc(C(=O)c3ccco3)cc2N(CC(=O)NC2CCCC2)C1=O. The lowest BCUT2D eigenvalue weighted by Gasteiger charge is -2.34. The molecule has 1 aliphatic carbocycles. The molecule has 1 N–H and O–H groups in total. The lowest BCUT2D eigenvalue weighted by Crippen LogP contribution is -2.50. The van der Waals surface area contributed by atoms with Gasteiger partial charge in [0.1, 0.15) is 12.3 Å². The van der Waals surface area contributed by atoms with Crippen molar-refractivity contribution in [1.29, 1.82) is 0 Å². The molecule has 7 heteroatoms. The number of hydrogen-bond donors (Lipinski definition) is 1. The molecule has 0 unspecified atom stereocenters. The average molecular weight is 396 g/mol. The van der Waals surface area contributed by atoms with Crippen LogP contribution in [0.3, 0.4) is 0 Å². The molecular weight excluding hydrogens is 372 g/mol. The van der Waals surface area contributed by atoms with Gasteiger partial charge in [0.05, 0.1) is 12.0 Å². The summed E-state index contributed by atoms with van der Waals surface area (Å²) >= 11 is 0. The van der Waals surface area contributed by atoms with Crippen LogP contribution in [0.15, 0.2) is 41.0 Å². The number of nitrogens with zero attached hydrogens (tertiary/aromatic N) is 1. The van der Waals surface area contributed by atoms with Crippen molar-refractivity contribution in [3.05, 3.63) is 47.9 Å². The highest BCUT2D eigenvalue weighted by atomic mass is 16.5. The van der Waals surface area contributed by atoms with Gasteiger partial charge in [-0.25, -0.2) is 0 Å². The first kappa shape index (κ1) is 19.2. The zero-order valence-electron chi connectivity index (χ0n) is 16.3. The topological polar surface area (TPSA) is 88.8 Å². The van der Waals surface area contributed by atoms with E-state index in [1.165, 1.54) is 11.2 Å². The molecule has 1 aromatic carbocycles. The number of ether oxygens (including phenoxy) is 1. The molecular formula is C22H24N2O5. The average Bonchev–Trinajstić information content (AvgIpc) is 3.43. The van der Waals surface area contributed by atoms with Crippen LogP contribution in [0.25, 0.3) is 0 Å². The molecule has 1 aromatic heterocycles. The molecule has 1 saturated carbocycles. The highest BCUT2D eigenvalue weighted by molar-refractivity contribution is 6.10. The number of ketones is 1. The van der Waals surface area contributed by atoms with Gasteiger partial charge in [-0.1, -0.05) is 19.8 Å². The maximum atomic E-state index is 12.9. The van der Waals surface area contributed by atoms with Crippen molar-refractivity contribution in [2.24, 2.45) is 0 Å². The van der Waals surface area contributed by atoms with E-state index < -0.39 is 6.10 Å². The number of benzene rings is 1. The zero-order valence-corrected chi connectivity index (χ0v) is 16.3. The molecule has 2 aromatic rings. The summed E-state index contributed by atoms with van der Waals surface area (Å²) in [5.41, 5.74) is 0.796. The molecule has 2 amide bonds. The van der Waals surface area contributed by atoms with Gasteiger partial charge in [0, 0.05) is 11.6 Å². The van der Waals surface area contributed by atoms with Gasteiger partial charge in [-0.3, -0.25) is 19.3 Å². The Morgan fingerprint density at radius 3 is 2.69 bits per heavy atom. The summed E-state index contributed by atoms with van der Waals surface area (Å²) in [6, 6.07) is 8.30. The molecule has 0 saturated heterocycles. The minimum atomic E-state index is -0.645. The fourth-order valence-electron chi connectivity index (χ4n) is 3.92. The van der Waals surface area contributed by atoms with Gasteiger partial charge in [-0.2, -0.15) is 0 Å². The molecule has 1 atom stereocenters. The highest BCUT2D eigenvalue weighted by Gasteiger charge is 2.35. The fourth-order valence-corrected chi connectivity index (χ4v) is 3.92. The molecule has 0 spiro atoms. The summed E-state index contributed by atoms with van der Waals surface area (Å²) < 4.78 is 11.0. The van der Waals surface area contributed by atoms with Gasteiger partial charge in [-0.05, 0) is 49.6 Å². The predicted octanol–water partition coefficient (Wildman–Crippen LogP) is 3.07. The van der Waals surface area contributed by atoms with E-state index in [2.05, 4.69) is 5.32 Å². The number of hydrogen-bond acceptors (Lipinski definition) is 5. The molecule has 2 heterocycles. The minimum Gasteiger partial charge on any atom is -0.478 e. The highest BCUT2D eigenvalue weighted by Crippen LogP contribution is 2.36. The lowest BCUT2D eigenvalue weighted by molar-refractivity contribution is -0.129. The maximum Gasteiger partial charge on any atom is 0.268 e. The van der Waals surface area contributed by atoms with Gasteiger partial charge < -0.3 is 14.5 Å². The Morgan fingerprint density at radius 1 is 1.21 bits per heavy atom. The quantitative estimate of drug-likeness (QED) is 0.758. The Balaban J connectivity index is 1.61. The number of amides is 2. The second-order valence-corrected chi connectivity index (χ2v) is 7.48. The first-order valence-corrected chi connectivity index (χ1v) is 10.1. The summed E-state index contributed by atoms with van der Waals surface area (Å²) in [7, 11) is 0. The van der Waals surface area contributed by atoms with E-state index in [0.717, 1.165) is 25.7 Å². The monoisotopic (exact) mass is 396 g/mol. The molecule has 1 aliphatic heterocycles. The van der Waals surface area contributed by atoms with Gasteiger partial charge in [0.2, 0.25) is 11.7 Å². The van der Waals surface area contributed by atoms with Crippen LogP contribution in [0.5, 0.6) is 5.75 Å². The predicted molar refractivity (Wildman–Crippen MR) is 106 cm³/mol. The number of rotatable bonds is 6. The van der Waals surface area contributed by atoms with E-state index >= 15 is 0 Å². The fraction of sp³-hybridized carbons (Fsp3) is 0.409. The van der Waals surface area contributed by atoms with Gasteiger partial charge >= 0.3 is 0 Å². The summed E-state index contributed by atoms with van der Waals surface area (Å²) in [4.78, 5) is 39.6. The minimum absolute atomic E-state index is 0.0966. The Hall–Kier alpha value is -3.09. The van der Waals surface area contributed by atoms with E-state index in [-0.39, 0.29) is 35.9 Å². The van der Waals surface area contributed by atoms with Gasteiger partial charge in [0.15, 0.2) is 11.9 Å². The Kier molecular flexibility index (Phi) is 5.38. The largest absolute Gasteiger partial charge is 0.478 e. The van der Waals surface area contributed by atoms with E-state index in [0.29, 0.717) is 23.4 Å². The molecule has 29 heavy (non-hydrogen) atoms. The lowest BCUT2D eigenvalue weighted by atomic mass is 10.0. The van der Waals surface area contributed by atoms with Crippen LogP contribution in [0.1, 0.15) is 55.1 Å². The third kappa shape index (κ3) is 3.90. The first-order valence-electron chi connectivity index (χ1n) is 10.1. The van der Waals surface area contributed by atoms with Gasteiger partial charge in [-0.15, -0.1) is 0 Å². The van der Waals surface area contributed by atoms with Crippen LogP contribution in [-0.2, 0) is 9.59 Å². The molecule has 7 nitrogen and oxygen atoms in total. The van der Waals surface area contributed by atoms with Crippen molar-refractivity contribution in [1.82, 2.24) is 5.32 Å². The van der Waals surface area contributed by atoms with E-state index in [1.807, 2.05) is 6.92 Å². The Morgan fingerprint density at radius 2 is 2.00 bits per heavy atom. The summed E-state index contributed by atoms with van der Waals surface area (Å²) in [5, 5.41) is 3.01. The molecule has 1 fully saturated rings. The Labute approximate surface area is 169 Å². The van der Waals surface area contributed by atoms with Crippen LogP contribution in [0.2, 0.25) is 0 Å². The van der Waals surface area contributed by atoms with Gasteiger partial charge in [0.25, 0.3) is 5.91 Å². The molecule has 152 valence electrons. The third-order valence-electron chi connectivity index (χ3n) is 5.46. The standard InChI is InChI=1S/C22H24N2O5/c1-2-17-22(27)24(13-20(25)23-15-6-3-4-7-15)16-12-14(9-10-18(16)29-17)21(26)19-8-5-11-28-19/h5,8-12,15,17H,2-4,6-7,13H2,1H3,(H,23,25)/t17-/m0/s1. The van der Waals surface area contributed by atoms with Crippen LogP contribution < -0.4 is 15.0 Å². The van der Waals surface area contributed by atoms with Crippen LogP contribution >= 0.6 is 0 Å². The van der Waals surface area contributed by atoms with Crippen molar-refractivity contribution >= 4 is 23.3 Å². The number of furan rings is 1. The van der Waals surface area contributed by atoms with Crippen molar-refractivity contribution < 1.29 is 23.5 Å². The van der Waals surface area contributed by atoms with Crippen LogP contribution in [0, 0.1) is 0 Å². The second kappa shape index (κ2) is 8.11. The van der Waals surface area contributed by atoms with E-state index in [4.69, 9.17) is 9.15 Å². The maximum absolute atomic E-state index is 12.9. The number of carbonyl (C=O) groups excluding carboxylic acids is 3. The van der Waals surface area contributed by atoms with Crippen molar-refractivity contribution in [2.45, 2.75) is 51.2 Å². The summed E-state index contributed by atoms with van der Waals surface area (Å²) in [6.45, 7) is 1.76. The molecule has 0 radical (unpaired) electrons. The summed E-state index contributed by atoms with van der Waals surface area (Å²) in [6.07, 6.45) is 5.45.